The molecule has 1 aromatic carbocycles. The van der Waals surface area contributed by atoms with Gasteiger partial charge >= 0.3 is 0 Å². The first-order chi connectivity index (χ1) is 8.83. The Morgan fingerprint density at radius 2 is 1.94 bits per heavy atom. The predicted octanol–water partition coefficient (Wildman–Crippen LogP) is 4.57. The molecule has 0 unspecified atom stereocenters. The molecule has 2 aromatic rings. The van der Waals surface area contributed by atoms with Crippen LogP contribution in [0.5, 0.6) is 0 Å². The molecule has 0 amide bonds. The van der Waals surface area contributed by atoms with Crippen molar-refractivity contribution in [2.75, 3.05) is 0 Å². The molecule has 0 spiro atoms. The van der Waals surface area contributed by atoms with Crippen molar-refractivity contribution in [3.8, 4) is 0 Å². The largest absolute Gasteiger partial charge is 0.308 e. The summed E-state index contributed by atoms with van der Waals surface area (Å²) in [6.45, 7) is 1.85. The van der Waals surface area contributed by atoms with E-state index in [1.165, 1.54) is 28.8 Å². The molecule has 1 saturated carbocycles. The van der Waals surface area contributed by atoms with Crippen molar-refractivity contribution < 1.29 is 0 Å². The smallest absolute Gasteiger partial charge is 0.0931 e. The summed E-state index contributed by atoms with van der Waals surface area (Å²) in [5, 5.41) is 3.51. The molecule has 94 valence electrons. The van der Waals surface area contributed by atoms with Crippen molar-refractivity contribution in [3.63, 3.8) is 0 Å². The van der Waals surface area contributed by atoms with Crippen LogP contribution >= 0.6 is 22.9 Å². The highest BCUT2D eigenvalue weighted by atomic mass is 35.5. The molecule has 1 nitrogen and oxygen atoms in total. The van der Waals surface area contributed by atoms with Crippen LogP contribution < -0.4 is 5.32 Å². The van der Waals surface area contributed by atoms with Gasteiger partial charge in [-0.3, -0.25) is 0 Å². The first kappa shape index (κ1) is 12.2. The Morgan fingerprint density at radius 3 is 2.67 bits per heavy atom. The van der Waals surface area contributed by atoms with E-state index in [9.17, 15) is 0 Å². The lowest BCUT2D eigenvalue weighted by Crippen LogP contribution is -2.13. The molecule has 0 radical (unpaired) electrons. The van der Waals surface area contributed by atoms with Gasteiger partial charge in [0, 0.05) is 18.0 Å². The minimum absolute atomic E-state index is 0.819. The normalized spacial score (nSPS) is 14.9. The summed E-state index contributed by atoms with van der Waals surface area (Å²) in [6.07, 6.45) is 2.72. The topological polar surface area (TPSA) is 12.0 Å². The molecular formula is C15H16ClNS. The van der Waals surface area contributed by atoms with E-state index >= 15 is 0 Å². The second kappa shape index (κ2) is 5.43. The van der Waals surface area contributed by atoms with Gasteiger partial charge in [0.2, 0.25) is 0 Å². The van der Waals surface area contributed by atoms with Crippen LogP contribution in [0.1, 0.15) is 34.8 Å². The second-order valence-electron chi connectivity index (χ2n) is 4.78. The van der Waals surface area contributed by atoms with Gasteiger partial charge in [-0.25, -0.2) is 0 Å². The van der Waals surface area contributed by atoms with E-state index in [-0.39, 0.29) is 0 Å². The fourth-order valence-electron chi connectivity index (χ4n) is 2.25. The standard InChI is InChI=1S/C15H16ClNS/c16-15-8-7-13(18-15)10-17-9-12-3-1-2-4-14(12)11-5-6-11/h1-4,7-8,11,17H,5-6,9-10H2. The van der Waals surface area contributed by atoms with Gasteiger partial charge in [-0.2, -0.15) is 0 Å². The zero-order chi connectivity index (χ0) is 12.4. The van der Waals surface area contributed by atoms with Gasteiger partial charge in [0.25, 0.3) is 0 Å². The number of rotatable bonds is 5. The van der Waals surface area contributed by atoms with Crippen molar-refractivity contribution in [1.82, 2.24) is 5.32 Å². The maximum Gasteiger partial charge on any atom is 0.0931 e. The average Bonchev–Trinajstić information content (AvgIpc) is 3.14. The first-order valence-corrected chi connectivity index (χ1v) is 7.55. The lowest BCUT2D eigenvalue weighted by molar-refractivity contribution is 0.695. The van der Waals surface area contributed by atoms with E-state index in [2.05, 4.69) is 35.6 Å². The quantitative estimate of drug-likeness (QED) is 0.844. The number of benzene rings is 1. The van der Waals surface area contributed by atoms with Crippen LogP contribution in [0.3, 0.4) is 0 Å². The predicted molar refractivity (Wildman–Crippen MR) is 78.3 cm³/mol. The van der Waals surface area contributed by atoms with Crippen molar-refractivity contribution in [2.45, 2.75) is 31.8 Å². The molecule has 1 fully saturated rings. The third kappa shape index (κ3) is 2.94. The number of hydrogen-bond donors (Lipinski definition) is 1. The zero-order valence-corrected chi connectivity index (χ0v) is 11.7. The molecule has 3 heteroatoms. The van der Waals surface area contributed by atoms with Crippen LogP contribution in [0.2, 0.25) is 4.34 Å². The fraction of sp³-hybridized carbons (Fsp3) is 0.333. The summed E-state index contributed by atoms with van der Waals surface area (Å²) in [5.41, 5.74) is 2.98. The lowest BCUT2D eigenvalue weighted by Gasteiger charge is -2.09. The van der Waals surface area contributed by atoms with E-state index in [1.807, 2.05) is 6.07 Å². The molecule has 1 aliphatic rings. The molecule has 0 atom stereocenters. The number of hydrogen-bond acceptors (Lipinski definition) is 2. The molecule has 1 aliphatic carbocycles. The molecule has 1 aromatic heterocycles. The molecular weight excluding hydrogens is 262 g/mol. The zero-order valence-electron chi connectivity index (χ0n) is 10.2. The monoisotopic (exact) mass is 277 g/mol. The highest BCUT2D eigenvalue weighted by molar-refractivity contribution is 7.16. The van der Waals surface area contributed by atoms with E-state index in [4.69, 9.17) is 11.6 Å². The Morgan fingerprint density at radius 1 is 1.11 bits per heavy atom. The molecule has 18 heavy (non-hydrogen) atoms. The summed E-state index contributed by atoms with van der Waals surface area (Å²) < 4.78 is 0.866. The molecule has 0 saturated heterocycles. The van der Waals surface area contributed by atoms with Gasteiger partial charge in [0.05, 0.1) is 4.34 Å². The van der Waals surface area contributed by atoms with Crippen LogP contribution in [-0.4, -0.2) is 0 Å². The highest BCUT2D eigenvalue weighted by Gasteiger charge is 2.25. The van der Waals surface area contributed by atoms with Crippen LogP contribution in [0.4, 0.5) is 0 Å². The second-order valence-corrected chi connectivity index (χ2v) is 6.58. The number of halogens is 1. The van der Waals surface area contributed by atoms with E-state index in [0.717, 1.165) is 23.3 Å². The van der Waals surface area contributed by atoms with Gasteiger partial charge in [-0.05, 0) is 42.0 Å². The van der Waals surface area contributed by atoms with Gasteiger partial charge in [-0.1, -0.05) is 35.9 Å². The Bertz CT molecular complexity index is 531. The summed E-state index contributed by atoms with van der Waals surface area (Å²) in [6, 6.07) is 12.8. The Hall–Kier alpha value is -0.830. The third-order valence-corrected chi connectivity index (χ3v) is 4.55. The summed E-state index contributed by atoms with van der Waals surface area (Å²) in [5.74, 6) is 0.819. The van der Waals surface area contributed by atoms with Gasteiger partial charge in [0.15, 0.2) is 0 Å². The Labute approximate surface area is 117 Å². The fourth-order valence-corrected chi connectivity index (χ4v) is 3.31. The molecule has 1 N–H and O–H groups in total. The Balaban J connectivity index is 1.59. The van der Waals surface area contributed by atoms with Gasteiger partial charge in [-0.15, -0.1) is 11.3 Å². The van der Waals surface area contributed by atoms with E-state index in [0.29, 0.717) is 0 Å². The third-order valence-electron chi connectivity index (χ3n) is 3.32. The molecule has 0 aliphatic heterocycles. The minimum Gasteiger partial charge on any atom is -0.308 e. The molecule has 3 rings (SSSR count). The van der Waals surface area contributed by atoms with Crippen LogP contribution in [0, 0.1) is 0 Å². The highest BCUT2D eigenvalue weighted by Crippen LogP contribution is 2.41. The van der Waals surface area contributed by atoms with Gasteiger partial charge < -0.3 is 5.32 Å². The summed E-state index contributed by atoms with van der Waals surface area (Å²) in [7, 11) is 0. The summed E-state index contributed by atoms with van der Waals surface area (Å²) >= 11 is 7.57. The summed E-state index contributed by atoms with van der Waals surface area (Å²) in [4.78, 5) is 1.30. The maximum absolute atomic E-state index is 5.92. The van der Waals surface area contributed by atoms with E-state index < -0.39 is 0 Å². The van der Waals surface area contributed by atoms with Crippen LogP contribution in [-0.2, 0) is 13.1 Å². The van der Waals surface area contributed by atoms with Crippen molar-refractivity contribution in [2.24, 2.45) is 0 Å². The molecule has 0 bridgehead atoms. The van der Waals surface area contributed by atoms with Crippen molar-refractivity contribution in [1.29, 1.82) is 0 Å². The molecule has 1 heterocycles. The Kier molecular flexibility index (Phi) is 3.69. The SMILES string of the molecule is Clc1ccc(CNCc2ccccc2C2CC2)s1. The number of thiophene rings is 1. The van der Waals surface area contributed by atoms with Crippen molar-refractivity contribution in [3.05, 3.63) is 56.7 Å². The van der Waals surface area contributed by atoms with Gasteiger partial charge in [0.1, 0.15) is 0 Å². The first-order valence-electron chi connectivity index (χ1n) is 6.35. The average molecular weight is 278 g/mol. The lowest BCUT2D eigenvalue weighted by atomic mass is 10.0. The maximum atomic E-state index is 5.92. The van der Waals surface area contributed by atoms with Crippen LogP contribution in [0.15, 0.2) is 36.4 Å². The van der Waals surface area contributed by atoms with E-state index in [1.54, 1.807) is 11.3 Å². The van der Waals surface area contributed by atoms with Crippen molar-refractivity contribution >= 4 is 22.9 Å². The minimum atomic E-state index is 0.819. The number of nitrogens with one attached hydrogen (secondary N) is 1. The van der Waals surface area contributed by atoms with Crippen LogP contribution in [0.25, 0.3) is 0 Å².